The van der Waals surface area contributed by atoms with Gasteiger partial charge in [0.2, 0.25) is 0 Å². The lowest BCUT2D eigenvalue weighted by atomic mass is 9.96. The number of aromatic nitrogens is 4. The van der Waals surface area contributed by atoms with E-state index in [1.165, 1.54) is 68.7 Å². The summed E-state index contributed by atoms with van der Waals surface area (Å²) in [5, 5.41) is 18.4. The number of fused-ring (bicyclic) bond motifs is 3. The molecule has 0 bridgehead atoms. The minimum absolute atomic E-state index is 0.498. The monoisotopic (exact) mass is 422 g/mol. The van der Waals surface area contributed by atoms with E-state index in [0.29, 0.717) is 12.1 Å². The van der Waals surface area contributed by atoms with Crippen molar-refractivity contribution in [2.45, 2.75) is 83.3 Å². The number of nitrogens with zero attached hydrogens (tertiary/aromatic N) is 5. The van der Waals surface area contributed by atoms with Gasteiger partial charge in [-0.1, -0.05) is 43.7 Å². The van der Waals surface area contributed by atoms with Crippen molar-refractivity contribution in [1.82, 2.24) is 30.3 Å². The maximum absolute atomic E-state index is 5.97. The SMILES string of the molecule is Cc1ccc2c(c1)cc(CN(C(=S)NC1CCCCC1)C1CCCC1)c1nnnn12. The summed E-state index contributed by atoms with van der Waals surface area (Å²) in [6.07, 6.45) is 11.4. The van der Waals surface area contributed by atoms with Gasteiger partial charge in [0.1, 0.15) is 0 Å². The quantitative estimate of drug-likeness (QED) is 0.623. The number of nitrogens with one attached hydrogen (secondary N) is 1. The molecule has 3 aromatic rings. The molecule has 158 valence electrons. The Morgan fingerprint density at radius 3 is 2.67 bits per heavy atom. The van der Waals surface area contributed by atoms with Gasteiger partial charge >= 0.3 is 0 Å². The van der Waals surface area contributed by atoms with Crippen molar-refractivity contribution in [3.63, 3.8) is 0 Å². The van der Waals surface area contributed by atoms with Crippen LogP contribution in [0, 0.1) is 6.92 Å². The van der Waals surface area contributed by atoms with Gasteiger partial charge in [0.25, 0.3) is 0 Å². The highest BCUT2D eigenvalue weighted by Gasteiger charge is 2.27. The minimum atomic E-state index is 0.498. The number of thiocarbonyl (C=S) groups is 1. The van der Waals surface area contributed by atoms with Crippen LogP contribution in [-0.2, 0) is 6.54 Å². The second-order valence-corrected chi connectivity index (χ2v) is 9.38. The summed E-state index contributed by atoms with van der Waals surface area (Å²) in [4.78, 5) is 2.42. The van der Waals surface area contributed by atoms with Crippen molar-refractivity contribution in [3.8, 4) is 0 Å². The van der Waals surface area contributed by atoms with Crippen molar-refractivity contribution in [3.05, 3.63) is 35.4 Å². The second-order valence-electron chi connectivity index (χ2n) is 9.00. The van der Waals surface area contributed by atoms with E-state index in [-0.39, 0.29) is 0 Å². The molecule has 2 heterocycles. The minimum Gasteiger partial charge on any atom is -0.360 e. The van der Waals surface area contributed by atoms with E-state index in [9.17, 15) is 0 Å². The van der Waals surface area contributed by atoms with Gasteiger partial charge in [0.15, 0.2) is 10.8 Å². The summed E-state index contributed by atoms with van der Waals surface area (Å²) < 4.78 is 1.87. The molecule has 1 N–H and O–H groups in total. The summed E-state index contributed by atoms with van der Waals surface area (Å²) in [6, 6.07) is 9.68. The average Bonchev–Trinajstić information content (AvgIpc) is 3.44. The Morgan fingerprint density at radius 2 is 1.87 bits per heavy atom. The van der Waals surface area contributed by atoms with Crippen LogP contribution in [0.1, 0.15) is 68.9 Å². The summed E-state index contributed by atoms with van der Waals surface area (Å²) in [7, 11) is 0. The predicted octanol–water partition coefficient (Wildman–Crippen LogP) is 4.54. The van der Waals surface area contributed by atoms with Gasteiger partial charge in [-0.25, -0.2) is 0 Å². The molecule has 2 aliphatic carbocycles. The molecule has 5 rings (SSSR count). The third kappa shape index (κ3) is 3.87. The molecule has 0 saturated heterocycles. The van der Waals surface area contributed by atoms with Crippen LogP contribution >= 0.6 is 12.2 Å². The van der Waals surface area contributed by atoms with Crippen LogP contribution in [0.4, 0.5) is 0 Å². The molecule has 0 spiro atoms. The van der Waals surface area contributed by atoms with E-state index in [0.717, 1.165) is 28.4 Å². The largest absolute Gasteiger partial charge is 0.360 e. The van der Waals surface area contributed by atoms with Crippen LogP contribution in [0.5, 0.6) is 0 Å². The Balaban J connectivity index is 1.48. The molecule has 2 aliphatic rings. The molecule has 0 radical (unpaired) electrons. The van der Waals surface area contributed by atoms with Gasteiger partial charge in [-0.05, 0) is 73.5 Å². The fourth-order valence-corrected chi connectivity index (χ4v) is 5.55. The first-order valence-electron chi connectivity index (χ1n) is 11.4. The first kappa shape index (κ1) is 19.7. The molecule has 0 unspecified atom stereocenters. The zero-order valence-corrected chi connectivity index (χ0v) is 18.5. The zero-order chi connectivity index (χ0) is 20.5. The van der Waals surface area contributed by atoms with Crippen molar-refractivity contribution < 1.29 is 0 Å². The summed E-state index contributed by atoms with van der Waals surface area (Å²) >= 11 is 5.97. The van der Waals surface area contributed by atoms with Crippen molar-refractivity contribution in [1.29, 1.82) is 0 Å². The maximum Gasteiger partial charge on any atom is 0.184 e. The standard InChI is InChI=1S/C23H30N6S/c1-16-11-12-21-17(13-16)14-18(22-25-26-27-29(21)22)15-28(20-9-5-6-10-20)23(30)24-19-7-3-2-4-8-19/h11-14,19-20H,2-10,15H2,1H3,(H,24,30). The fourth-order valence-electron chi connectivity index (χ4n) is 5.17. The third-order valence-corrected chi connectivity index (χ3v) is 7.15. The number of hydrogen-bond donors (Lipinski definition) is 1. The van der Waals surface area contributed by atoms with E-state index in [2.05, 4.69) is 56.9 Å². The Kier molecular flexibility index (Phi) is 5.54. The topological polar surface area (TPSA) is 58.3 Å². The normalized spacial score (nSPS) is 18.3. The number of aryl methyl sites for hydroxylation is 1. The van der Waals surface area contributed by atoms with E-state index in [1.54, 1.807) is 0 Å². The van der Waals surface area contributed by atoms with E-state index >= 15 is 0 Å². The van der Waals surface area contributed by atoms with Gasteiger partial charge in [0.05, 0.1) is 5.52 Å². The molecule has 0 aliphatic heterocycles. The van der Waals surface area contributed by atoms with Crippen LogP contribution in [-0.4, -0.2) is 42.1 Å². The number of pyridine rings is 1. The second kappa shape index (κ2) is 8.46. The highest BCUT2D eigenvalue weighted by molar-refractivity contribution is 7.80. The number of rotatable bonds is 4. The molecule has 2 saturated carbocycles. The first-order chi connectivity index (χ1) is 14.7. The molecule has 30 heavy (non-hydrogen) atoms. The van der Waals surface area contributed by atoms with Crippen molar-refractivity contribution in [2.24, 2.45) is 0 Å². The number of hydrogen-bond acceptors (Lipinski definition) is 4. The molecule has 0 amide bonds. The highest BCUT2D eigenvalue weighted by atomic mass is 32.1. The van der Waals surface area contributed by atoms with Crippen LogP contribution in [0.2, 0.25) is 0 Å². The van der Waals surface area contributed by atoms with E-state index in [1.807, 2.05) is 4.52 Å². The molecule has 0 atom stereocenters. The Labute approximate surface area is 183 Å². The predicted molar refractivity (Wildman–Crippen MR) is 123 cm³/mol. The van der Waals surface area contributed by atoms with Crippen LogP contribution in [0.25, 0.3) is 16.6 Å². The van der Waals surface area contributed by atoms with Gasteiger partial charge in [-0.15, -0.1) is 5.10 Å². The van der Waals surface area contributed by atoms with E-state index in [4.69, 9.17) is 12.2 Å². The number of tetrazole rings is 1. The average molecular weight is 423 g/mol. The van der Waals surface area contributed by atoms with Gasteiger partial charge < -0.3 is 10.2 Å². The third-order valence-electron chi connectivity index (χ3n) is 6.80. The lowest BCUT2D eigenvalue weighted by molar-refractivity contribution is 0.294. The molecular weight excluding hydrogens is 392 g/mol. The lowest BCUT2D eigenvalue weighted by Gasteiger charge is -2.35. The molecular formula is C23H30N6S. The summed E-state index contributed by atoms with van der Waals surface area (Å²) in [5.41, 5.74) is 4.25. The molecule has 2 aromatic heterocycles. The van der Waals surface area contributed by atoms with Gasteiger partial charge in [0, 0.05) is 29.6 Å². The van der Waals surface area contributed by atoms with Crippen LogP contribution < -0.4 is 5.32 Å². The van der Waals surface area contributed by atoms with Gasteiger partial charge in [-0.3, -0.25) is 0 Å². The van der Waals surface area contributed by atoms with Crippen molar-refractivity contribution in [2.75, 3.05) is 0 Å². The summed E-state index contributed by atoms with van der Waals surface area (Å²) in [5.74, 6) is 0. The molecule has 7 heteroatoms. The van der Waals surface area contributed by atoms with Gasteiger partial charge in [-0.2, -0.15) is 4.52 Å². The Morgan fingerprint density at radius 1 is 1.10 bits per heavy atom. The van der Waals surface area contributed by atoms with E-state index < -0.39 is 0 Å². The smallest absolute Gasteiger partial charge is 0.184 e. The highest BCUT2D eigenvalue weighted by Crippen LogP contribution is 2.28. The molecule has 6 nitrogen and oxygen atoms in total. The Hall–Kier alpha value is -2.28. The van der Waals surface area contributed by atoms with Crippen LogP contribution in [0.15, 0.2) is 24.3 Å². The summed E-state index contributed by atoms with van der Waals surface area (Å²) in [6.45, 7) is 2.87. The fraction of sp³-hybridized carbons (Fsp3) is 0.565. The first-order valence-corrected chi connectivity index (χ1v) is 11.8. The van der Waals surface area contributed by atoms with Crippen LogP contribution in [0.3, 0.4) is 0 Å². The molecule has 1 aromatic carbocycles. The Bertz CT molecular complexity index is 1050. The maximum atomic E-state index is 5.97. The molecule has 2 fully saturated rings. The lowest BCUT2D eigenvalue weighted by Crippen LogP contribution is -2.48. The zero-order valence-electron chi connectivity index (χ0n) is 17.7. The number of benzene rings is 1. The van der Waals surface area contributed by atoms with Crippen molar-refractivity contribution >= 4 is 33.9 Å².